The second kappa shape index (κ2) is 6.71. The Morgan fingerprint density at radius 3 is 3.05 bits per heavy atom. The summed E-state index contributed by atoms with van der Waals surface area (Å²) in [6.45, 7) is 2.75. The first kappa shape index (κ1) is 14.8. The van der Waals surface area contributed by atoms with Crippen LogP contribution in [-0.2, 0) is 9.53 Å². The number of morpholine rings is 1. The van der Waals surface area contributed by atoms with Gasteiger partial charge in [0.2, 0.25) is 0 Å². The Morgan fingerprint density at radius 1 is 1.65 bits per heavy atom. The molecule has 1 aromatic rings. The van der Waals surface area contributed by atoms with Crippen molar-refractivity contribution in [2.45, 2.75) is 25.5 Å². The van der Waals surface area contributed by atoms with Gasteiger partial charge in [-0.2, -0.15) is 0 Å². The fourth-order valence-corrected chi connectivity index (χ4v) is 2.95. The highest BCUT2D eigenvalue weighted by Gasteiger charge is 2.29. The molecule has 2 rings (SSSR count). The van der Waals surface area contributed by atoms with Crippen molar-refractivity contribution in [3.05, 3.63) is 22.4 Å². The topological polar surface area (TPSA) is 78.9 Å². The van der Waals surface area contributed by atoms with Crippen LogP contribution in [0.2, 0.25) is 0 Å². The molecule has 2 unspecified atom stereocenters. The molecule has 6 nitrogen and oxygen atoms in total. The molecule has 2 N–H and O–H groups in total. The van der Waals surface area contributed by atoms with Gasteiger partial charge in [-0.15, -0.1) is 11.3 Å². The number of nitrogens with one attached hydrogen (secondary N) is 1. The molecule has 0 aliphatic carbocycles. The Kier molecular flexibility index (Phi) is 4.97. The summed E-state index contributed by atoms with van der Waals surface area (Å²) in [5, 5.41) is 13.9. The van der Waals surface area contributed by atoms with Crippen LogP contribution in [0.3, 0.4) is 0 Å². The standard InChI is InChI=1S/C13H18N2O4S/c1-2-9(11-4-3-7-20-11)14-13(18)15-5-6-19-10(8-15)12(16)17/h3-4,7,9-10H,2,5-6,8H2,1H3,(H,14,18)(H,16,17). The van der Waals surface area contributed by atoms with Gasteiger partial charge >= 0.3 is 12.0 Å². The van der Waals surface area contributed by atoms with Gasteiger partial charge in [0.1, 0.15) is 0 Å². The lowest BCUT2D eigenvalue weighted by Crippen LogP contribution is -2.52. The van der Waals surface area contributed by atoms with Crippen molar-refractivity contribution in [3.63, 3.8) is 0 Å². The molecule has 1 aliphatic rings. The van der Waals surface area contributed by atoms with Gasteiger partial charge in [0, 0.05) is 11.4 Å². The van der Waals surface area contributed by atoms with E-state index in [4.69, 9.17) is 9.84 Å². The molecule has 2 heterocycles. The van der Waals surface area contributed by atoms with Gasteiger partial charge in [-0.3, -0.25) is 0 Å². The first-order valence-corrected chi connectivity index (χ1v) is 7.43. The Balaban J connectivity index is 1.95. The number of hydrogen-bond donors (Lipinski definition) is 2. The molecule has 1 fully saturated rings. The van der Waals surface area contributed by atoms with E-state index >= 15 is 0 Å². The van der Waals surface area contributed by atoms with Crippen LogP contribution in [0, 0.1) is 0 Å². The van der Waals surface area contributed by atoms with E-state index in [1.54, 1.807) is 11.3 Å². The van der Waals surface area contributed by atoms with Gasteiger partial charge in [0.05, 0.1) is 19.2 Å². The maximum Gasteiger partial charge on any atom is 0.334 e. The Labute approximate surface area is 121 Å². The lowest BCUT2D eigenvalue weighted by Gasteiger charge is -2.32. The minimum atomic E-state index is -1.03. The van der Waals surface area contributed by atoms with Crippen LogP contribution in [-0.4, -0.2) is 47.8 Å². The van der Waals surface area contributed by atoms with E-state index in [0.29, 0.717) is 6.54 Å². The zero-order chi connectivity index (χ0) is 14.5. The molecule has 0 saturated carbocycles. The molecule has 0 bridgehead atoms. The summed E-state index contributed by atoms with van der Waals surface area (Å²) in [5.41, 5.74) is 0. The highest BCUT2D eigenvalue weighted by atomic mass is 32.1. The number of hydrogen-bond acceptors (Lipinski definition) is 4. The highest BCUT2D eigenvalue weighted by molar-refractivity contribution is 7.10. The van der Waals surface area contributed by atoms with Gasteiger partial charge in [-0.25, -0.2) is 9.59 Å². The molecule has 0 aromatic carbocycles. The summed E-state index contributed by atoms with van der Waals surface area (Å²) in [6.07, 6.45) is -0.143. The molecule has 1 aliphatic heterocycles. The van der Waals surface area contributed by atoms with E-state index in [-0.39, 0.29) is 25.2 Å². The largest absolute Gasteiger partial charge is 0.479 e. The number of carbonyl (C=O) groups is 2. The Morgan fingerprint density at radius 2 is 2.45 bits per heavy atom. The number of carbonyl (C=O) groups excluding carboxylic acids is 1. The third-order valence-corrected chi connectivity index (χ3v) is 4.21. The van der Waals surface area contributed by atoms with E-state index in [1.165, 1.54) is 4.90 Å². The fourth-order valence-electron chi connectivity index (χ4n) is 2.09. The minimum Gasteiger partial charge on any atom is -0.479 e. The molecular formula is C13H18N2O4S. The first-order valence-electron chi connectivity index (χ1n) is 6.55. The molecule has 2 amide bonds. The van der Waals surface area contributed by atoms with Crippen molar-refractivity contribution in [2.24, 2.45) is 0 Å². The second-order valence-electron chi connectivity index (χ2n) is 4.57. The predicted molar refractivity (Wildman–Crippen MR) is 74.8 cm³/mol. The summed E-state index contributed by atoms with van der Waals surface area (Å²) in [4.78, 5) is 25.7. The summed E-state index contributed by atoms with van der Waals surface area (Å²) >= 11 is 1.60. The third kappa shape index (κ3) is 3.49. The number of thiophene rings is 1. The molecule has 0 radical (unpaired) electrons. The second-order valence-corrected chi connectivity index (χ2v) is 5.55. The minimum absolute atomic E-state index is 0.0337. The lowest BCUT2D eigenvalue weighted by molar-refractivity contribution is -0.154. The van der Waals surface area contributed by atoms with E-state index < -0.39 is 12.1 Å². The number of carboxylic acids is 1. The molecular weight excluding hydrogens is 280 g/mol. The summed E-state index contributed by atoms with van der Waals surface area (Å²) in [6, 6.07) is 3.66. The number of urea groups is 1. The first-order chi connectivity index (χ1) is 9.61. The number of nitrogens with zero attached hydrogens (tertiary/aromatic N) is 1. The molecule has 1 aromatic heterocycles. The van der Waals surface area contributed by atoms with Crippen LogP contribution in [0.25, 0.3) is 0 Å². The maximum absolute atomic E-state index is 12.2. The van der Waals surface area contributed by atoms with Crippen molar-refractivity contribution in [1.82, 2.24) is 10.2 Å². The predicted octanol–water partition coefficient (Wildman–Crippen LogP) is 1.69. The van der Waals surface area contributed by atoms with Gasteiger partial charge in [-0.1, -0.05) is 13.0 Å². The highest BCUT2D eigenvalue weighted by Crippen LogP contribution is 2.22. The van der Waals surface area contributed by atoms with E-state index in [0.717, 1.165) is 11.3 Å². The quantitative estimate of drug-likeness (QED) is 0.886. The van der Waals surface area contributed by atoms with Crippen LogP contribution in [0.1, 0.15) is 24.3 Å². The van der Waals surface area contributed by atoms with Crippen LogP contribution in [0.15, 0.2) is 17.5 Å². The van der Waals surface area contributed by atoms with Crippen molar-refractivity contribution in [1.29, 1.82) is 0 Å². The monoisotopic (exact) mass is 298 g/mol. The van der Waals surface area contributed by atoms with Crippen molar-refractivity contribution >= 4 is 23.3 Å². The van der Waals surface area contributed by atoms with E-state index in [2.05, 4.69) is 5.32 Å². The number of carboxylic acid groups (broad SMARTS) is 1. The van der Waals surface area contributed by atoms with Crippen LogP contribution in [0.5, 0.6) is 0 Å². The zero-order valence-electron chi connectivity index (χ0n) is 11.2. The fraction of sp³-hybridized carbons (Fsp3) is 0.538. The summed E-state index contributed by atoms with van der Waals surface area (Å²) < 4.78 is 5.10. The Bertz CT molecular complexity index is 463. The molecule has 110 valence electrons. The van der Waals surface area contributed by atoms with E-state index in [1.807, 2.05) is 24.4 Å². The van der Waals surface area contributed by atoms with Crippen LogP contribution in [0.4, 0.5) is 4.79 Å². The van der Waals surface area contributed by atoms with Crippen molar-refractivity contribution in [3.8, 4) is 0 Å². The molecule has 2 atom stereocenters. The van der Waals surface area contributed by atoms with Crippen LogP contribution >= 0.6 is 11.3 Å². The van der Waals surface area contributed by atoms with Crippen molar-refractivity contribution < 1.29 is 19.4 Å². The van der Waals surface area contributed by atoms with Gasteiger partial charge < -0.3 is 20.1 Å². The van der Waals surface area contributed by atoms with Gasteiger partial charge in [0.25, 0.3) is 0 Å². The lowest BCUT2D eigenvalue weighted by atomic mass is 10.2. The molecule has 7 heteroatoms. The zero-order valence-corrected chi connectivity index (χ0v) is 12.1. The smallest absolute Gasteiger partial charge is 0.334 e. The summed E-state index contributed by atoms with van der Waals surface area (Å²) in [5.74, 6) is -1.03. The normalized spacial score (nSPS) is 20.4. The maximum atomic E-state index is 12.2. The van der Waals surface area contributed by atoms with Gasteiger partial charge in [0.15, 0.2) is 6.10 Å². The molecule has 1 saturated heterocycles. The van der Waals surface area contributed by atoms with Crippen molar-refractivity contribution in [2.75, 3.05) is 19.7 Å². The Hall–Kier alpha value is -1.60. The number of ether oxygens (including phenoxy) is 1. The number of amides is 2. The van der Waals surface area contributed by atoms with Crippen LogP contribution < -0.4 is 5.32 Å². The van der Waals surface area contributed by atoms with E-state index in [9.17, 15) is 9.59 Å². The number of aliphatic carboxylic acids is 1. The van der Waals surface area contributed by atoms with Gasteiger partial charge in [-0.05, 0) is 17.9 Å². The average Bonchev–Trinajstić information content (AvgIpc) is 2.98. The SMILES string of the molecule is CCC(NC(=O)N1CCOC(C(=O)O)C1)c1cccs1. The summed E-state index contributed by atoms with van der Waals surface area (Å²) in [7, 11) is 0. The molecule has 0 spiro atoms. The third-order valence-electron chi connectivity index (χ3n) is 3.22. The average molecular weight is 298 g/mol. The number of rotatable bonds is 4. The molecule has 20 heavy (non-hydrogen) atoms.